The van der Waals surface area contributed by atoms with E-state index >= 15 is 0 Å². The van der Waals surface area contributed by atoms with Crippen LogP contribution in [0.2, 0.25) is 0 Å². The van der Waals surface area contributed by atoms with Gasteiger partial charge in [0.2, 0.25) is 0 Å². The summed E-state index contributed by atoms with van der Waals surface area (Å²) in [5.41, 5.74) is 1.06. The number of nitrogens with zero attached hydrogens (tertiary/aromatic N) is 1. The monoisotopic (exact) mass is 386 g/mol. The van der Waals surface area contributed by atoms with Gasteiger partial charge in [0.15, 0.2) is 17.2 Å². The predicted octanol–water partition coefficient (Wildman–Crippen LogP) is 2.39. The number of ether oxygens (including phenoxy) is 1. The molecule has 0 aliphatic rings. The number of thiophene rings is 1. The van der Waals surface area contributed by atoms with Crippen LogP contribution in [0.4, 0.5) is 0 Å². The highest BCUT2D eigenvalue weighted by atomic mass is 32.1. The largest absolute Gasteiger partial charge is 0.479 e. The number of nitrogens with one attached hydrogen (secondary N) is 1. The third kappa shape index (κ3) is 4.21. The Morgan fingerprint density at radius 3 is 2.48 bits per heavy atom. The summed E-state index contributed by atoms with van der Waals surface area (Å²) in [4.78, 5) is 38.8. The number of carboxylic acid groups (broad SMARTS) is 2. The maximum absolute atomic E-state index is 12.1. The Morgan fingerprint density at radius 2 is 1.81 bits per heavy atom. The van der Waals surface area contributed by atoms with E-state index in [-0.39, 0.29) is 23.1 Å². The molecule has 1 amide bonds. The summed E-state index contributed by atoms with van der Waals surface area (Å²) in [6.45, 7) is -0.490. The van der Waals surface area contributed by atoms with E-state index in [1.165, 1.54) is 0 Å². The maximum atomic E-state index is 12.1. The minimum atomic E-state index is -1.22. The Kier molecular flexibility index (Phi) is 5.32. The summed E-state index contributed by atoms with van der Waals surface area (Å²) >= 11 is 0.887. The first-order valence-electron chi connectivity index (χ1n) is 7.79. The number of aromatic carboxylic acids is 1. The van der Waals surface area contributed by atoms with Crippen molar-refractivity contribution in [2.24, 2.45) is 0 Å². The number of fused-ring (bicyclic) bond motifs is 1. The van der Waals surface area contributed by atoms with Crippen molar-refractivity contribution in [1.82, 2.24) is 10.3 Å². The number of amides is 1. The number of aromatic nitrogens is 1. The van der Waals surface area contributed by atoms with Gasteiger partial charge in [0, 0.05) is 5.56 Å². The highest BCUT2D eigenvalue weighted by molar-refractivity contribution is 7.20. The second-order valence-corrected chi connectivity index (χ2v) is 6.45. The third-order valence-electron chi connectivity index (χ3n) is 3.57. The molecule has 0 bridgehead atoms. The lowest BCUT2D eigenvalue weighted by atomic mass is 10.2. The van der Waals surface area contributed by atoms with Crippen molar-refractivity contribution >= 4 is 39.4 Å². The number of carbonyl (C=O) groups excluding carboxylic acids is 1. The number of benzene rings is 1. The normalized spacial score (nSPS) is 10.5. The van der Waals surface area contributed by atoms with Gasteiger partial charge in [-0.15, -0.1) is 11.3 Å². The van der Waals surface area contributed by atoms with Gasteiger partial charge >= 0.3 is 11.9 Å². The molecule has 0 fully saturated rings. The Bertz CT molecular complexity index is 1020. The molecule has 2 heterocycles. The lowest BCUT2D eigenvalue weighted by Gasteiger charge is -2.06. The van der Waals surface area contributed by atoms with E-state index in [4.69, 9.17) is 9.84 Å². The molecule has 0 spiro atoms. The van der Waals surface area contributed by atoms with Gasteiger partial charge < -0.3 is 20.3 Å². The Hall–Kier alpha value is -3.46. The second-order valence-electron chi connectivity index (χ2n) is 5.45. The van der Waals surface area contributed by atoms with Crippen molar-refractivity contribution < 1.29 is 29.3 Å². The number of rotatable bonds is 7. The van der Waals surface area contributed by atoms with Gasteiger partial charge in [-0.3, -0.25) is 4.79 Å². The zero-order valence-corrected chi connectivity index (χ0v) is 14.7. The lowest BCUT2D eigenvalue weighted by Crippen LogP contribution is -2.23. The van der Waals surface area contributed by atoms with Crippen LogP contribution in [0.25, 0.3) is 10.2 Å². The molecule has 3 N–H and O–H groups in total. The highest BCUT2D eigenvalue weighted by Gasteiger charge is 2.21. The number of carbonyl (C=O) groups is 3. The number of pyridine rings is 1. The molecule has 0 radical (unpaired) electrons. The first-order valence-corrected chi connectivity index (χ1v) is 8.61. The van der Waals surface area contributed by atoms with Crippen LogP contribution in [0.1, 0.15) is 25.7 Å². The second kappa shape index (κ2) is 7.83. The van der Waals surface area contributed by atoms with Crippen LogP contribution in [-0.2, 0) is 11.3 Å². The van der Waals surface area contributed by atoms with Gasteiger partial charge in [0.1, 0.15) is 4.83 Å². The van der Waals surface area contributed by atoms with Crippen molar-refractivity contribution in [3.05, 3.63) is 58.6 Å². The standard InChI is InChI=1S/C18H14N2O6S/c21-13(22)9-26-14-12-7-6-11(20-17(12)27-15(14)18(24)25)8-19-16(23)10-4-2-1-3-5-10/h1-7H,8-9H2,(H,19,23)(H,21,22)(H,24,25). The number of hydrogen-bond acceptors (Lipinski definition) is 6. The summed E-state index contributed by atoms with van der Waals surface area (Å²) in [6, 6.07) is 11.9. The smallest absolute Gasteiger partial charge is 0.349 e. The molecular weight excluding hydrogens is 372 g/mol. The summed E-state index contributed by atoms with van der Waals surface area (Å²) in [5.74, 6) is -2.70. The Balaban J connectivity index is 1.81. The molecule has 1 aromatic carbocycles. The molecule has 0 aliphatic carbocycles. The number of hydrogen-bond donors (Lipinski definition) is 3. The quantitative estimate of drug-likeness (QED) is 0.569. The molecule has 9 heteroatoms. The van der Waals surface area contributed by atoms with Crippen molar-refractivity contribution in [2.75, 3.05) is 6.61 Å². The molecule has 0 unspecified atom stereocenters. The van der Waals surface area contributed by atoms with E-state index in [9.17, 15) is 19.5 Å². The first kappa shape index (κ1) is 18.3. The fourth-order valence-corrected chi connectivity index (χ4v) is 3.35. The van der Waals surface area contributed by atoms with Crippen LogP contribution in [-0.4, -0.2) is 39.6 Å². The zero-order valence-electron chi connectivity index (χ0n) is 13.8. The molecule has 0 saturated carbocycles. The van der Waals surface area contributed by atoms with E-state index < -0.39 is 18.5 Å². The minimum Gasteiger partial charge on any atom is -0.479 e. The summed E-state index contributed by atoms with van der Waals surface area (Å²) in [7, 11) is 0. The van der Waals surface area contributed by atoms with Gasteiger partial charge in [-0.2, -0.15) is 0 Å². The Morgan fingerprint density at radius 1 is 1.07 bits per heavy atom. The van der Waals surface area contributed by atoms with Crippen molar-refractivity contribution in [1.29, 1.82) is 0 Å². The third-order valence-corrected chi connectivity index (χ3v) is 4.64. The van der Waals surface area contributed by atoms with Crippen LogP contribution in [0.5, 0.6) is 5.75 Å². The van der Waals surface area contributed by atoms with Crippen molar-refractivity contribution in [3.63, 3.8) is 0 Å². The topological polar surface area (TPSA) is 126 Å². The SMILES string of the molecule is O=C(O)COc1c(C(=O)O)sc2nc(CNC(=O)c3ccccc3)ccc12. The van der Waals surface area contributed by atoms with Crippen molar-refractivity contribution in [3.8, 4) is 5.75 Å². The average molecular weight is 386 g/mol. The van der Waals surface area contributed by atoms with Gasteiger partial charge in [-0.05, 0) is 24.3 Å². The molecule has 0 atom stereocenters. The molecular formula is C18H14N2O6S. The highest BCUT2D eigenvalue weighted by Crippen LogP contribution is 2.37. The molecule has 3 aromatic rings. The van der Waals surface area contributed by atoms with E-state index in [1.807, 2.05) is 6.07 Å². The predicted molar refractivity (Wildman–Crippen MR) is 97.3 cm³/mol. The minimum absolute atomic E-state index is 0.0164. The van der Waals surface area contributed by atoms with Crippen LogP contribution < -0.4 is 10.1 Å². The summed E-state index contributed by atoms with van der Waals surface area (Å²) < 4.78 is 5.13. The zero-order chi connectivity index (χ0) is 19.4. The fraction of sp³-hybridized carbons (Fsp3) is 0.111. The molecule has 0 aliphatic heterocycles. The van der Waals surface area contributed by atoms with Crippen LogP contribution in [0.3, 0.4) is 0 Å². The van der Waals surface area contributed by atoms with E-state index in [2.05, 4.69) is 10.3 Å². The van der Waals surface area contributed by atoms with E-state index in [0.29, 0.717) is 21.5 Å². The van der Waals surface area contributed by atoms with Crippen LogP contribution in [0.15, 0.2) is 42.5 Å². The molecule has 2 aromatic heterocycles. The van der Waals surface area contributed by atoms with Gasteiger partial charge in [-0.25, -0.2) is 14.6 Å². The summed E-state index contributed by atoms with van der Waals surface area (Å²) in [5, 5.41) is 21.2. The van der Waals surface area contributed by atoms with Gasteiger partial charge in [0.05, 0.1) is 17.6 Å². The number of aliphatic carboxylic acids is 1. The molecule has 3 rings (SSSR count). The molecule has 0 saturated heterocycles. The van der Waals surface area contributed by atoms with E-state index in [0.717, 1.165) is 11.3 Å². The number of carboxylic acids is 2. The van der Waals surface area contributed by atoms with Gasteiger partial charge in [0.25, 0.3) is 5.91 Å². The lowest BCUT2D eigenvalue weighted by molar-refractivity contribution is -0.139. The van der Waals surface area contributed by atoms with Gasteiger partial charge in [-0.1, -0.05) is 18.2 Å². The fourth-order valence-electron chi connectivity index (χ4n) is 2.37. The van der Waals surface area contributed by atoms with Crippen LogP contribution in [0, 0.1) is 0 Å². The average Bonchev–Trinajstić information content (AvgIpc) is 3.03. The van der Waals surface area contributed by atoms with E-state index in [1.54, 1.807) is 36.4 Å². The molecule has 27 heavy (non-hydrogen) atoms. The van der Waals surface area contributed by atoms with Crippen LogP contribution >= 0.6 is 11.3 Å². The molecule has 138 valence electrons. The summed E-state index contributed by atoms with van der Waals surface area (Å²) in [6.07, 6.45) is 0. The molecule has 8 nitrogen and oxygen atoms in total. The maximum Gasteiger partial charge on any atom is 0.349 e. The van der Waals surface area contributed by atoms with Crippen molar-refractivity contribution in [2.45, 2.75) is 6.54 Å². The Labute approximate surface area is 157 Å². The first-order chi connectivity index (χ1) is 13.0.